The fourth-order valence-corrected chi connectivity index (χ4v) is 2.56. The Morgan fingerprint density at radius 2 is 2.29 bits per heavy atom. The molecule has 1 saturated heterocycles. The molecule has 1 unspecified atom stereocenters. The first-order valence-electron chi connectivity index (χ1n) is 7.76. The fourth-order valence-electron chi connectivity index (χ4n) is 2.56. The Morgan fingerprint density at radius 3 is 3.10 bits per heavy atom. The minimum Gasteiger partial charge on any atom is -0.478 e. The van der Waals surface area contributed by atoms with Crippen LogP contribution in [-0.4, -0.2) is 56.0 Å². The van der Waals surface area contributed by atoms with E-state index in [4.69, 9.17) is 9.47 Å². The van der Waals surface area contributed by atoms with Gasteiger partial charge in [0.1, 0.15) is 12.1 Å². The molecule has 1 aliphatic heterocycles. The highest BCUT2D eigenvalue weighted by Crippen LogP contribution is 2.25. The number of nitrogens with zero attached hydrogens (tertiary/aromatic N) is 3. The number of ether oxygens (including phenoxy) is 2. The summed E-state index contributed by atoms with van der Waals surface area (Å²) >= 11 is 0. The van der Waals surface area contributed by atoms with Gasteiger partial charge >= 0.3 is 0 Å². The molecule has 1 N–H and O–H groups in total. The SMILES string of the molecule is CCCOc1cc(N2CCCC2CNCCOC)ncn1. The van der Waals surface area contributed by atoms with Crippen molar-refractivity contribution >= 4 is 5.82 Å². The molecule has 0 saturated carbocycles. The lowest BCUT2D eigenvalue weighted by molar-refractivity contribution is 0.199. The number of nitrogens with one attached hydrogen (secondary N) is 1. The normalized spacial score (nSPS) is 18.2. The van der Waals surface area contributed by atoms with Gasteiger partial charge in [-0.1, -0.05) is 6.92 Å². The van der Waals surface area contributed by atoms with Gasteiger partial charge in [0.25, 0.3) is 0 Å². The van der Waals surface area contributed by atoms with E-state index < -0.39 is 0 Å². The van der Waals surface area contributed by atoms with Crippen molar-refractivity contribution in [1.82, 2.24) is 15.3 Å². The molecule has 1 fully saturated rings. The second kappa shape index (κ2) is 8.79. The van der Waals surface area contributed by atoms with Gasteiger partial charge in [-0.3, -0.25) is 0 Å². The summed E-state index contributed by atoms with van der Waals surface area (Å²) in [5, 5.41) is 3.44. The van der Waals surface area contributed by atoms with Gasteiger partial charge in [0.2, 0.25) is 5.88 Å². The number of aromatic nitrogens is 2. The highest BCUT2D eigenvalue weighted by atomic mass is 16.5. The maximum atomic E-state index is 5.59. The fraction of sp³-hybridized carbons (Fsp3) is 0.733. The molecule has 6 heteroatoms. The maximum Gasteiger partial charge on any atom is 0.218 e. The summed E-state index contributed by atoms with van der Waals surface area (Å²) in [5.74, 6) is 1.63. The first kappa shape index (κ1) is 16.0. The summed E-state index contributed by atoms with van der Waals surface area (Å²) in [7, 11) is 1.72. The van der Waals surface area contributed by atoms with Gasteiger partial charge in [0, 0.05) is 38.9 Å². The zero-order chi connectivity index (χ0) is 14.9. The third-order valence-corrected chi connectivity index (χ3v) is 3.62. The molecule has 0 aliphatic carbocycles. The Bertz CT molecular complexity index is 416. The van der Waals surface area contributed by atoms with E-state index >= 15 is 0 Å². The number of rotatable bonds is 9. The first-order chi connectivity index (χ1) is 10.3. The highest BCUT2D eigenvalue weighted by Gasteiger charge is 2.25. The van der Waals surface area contributed by atoms with Crippen LogP contribution in [0.5, 0.6) is 5.88 Å². The average molecular weight is 294 g/mol. The van der Waals surface area contributed by atoms with Gasteiger partial charge < -0.3 is 19.7 Å². The van der Waals surface area contributed by atoms with Crippen LogP contribution in [-0.2, 0) is 4.74 Å². The Labute approximate surface area is 126 Å². The lowest BCUT2D eigenvalue weighted by atomic mass is 10.2. The molecule has 2 rings (SSSR count). The molecule has 1 atom stereocenters. The van der Waals surface area contributed by atoms with Crippen LogP contribution >= 0.6 is 0 Å². The Hall–Kier alpha value is -1.40. The number of methoxy groups -OCH3 is 1. The van der Waals surface area contributed by atoms with Crippen LogP contribution in [0.4, 0.5) is 5.82 Å². The van der Waals surface area contributed by atoms with E-state index in [0.29, 0.717) is 18.5 Å². The van der Waals surface area contributed by atoms with Gasteiger partial charge in [-0.05, 0) is 19.3 Å². The predicted molar refractivity (Wildman–Crippen MR) is 82.9 cm³/mol. The number of anilines is 1. The van der Waals surface area contributed by atoms with E-state index in [9.17, 15) is 0 Å². The molecule has 6 nitrogen and oxygen atoms in total. The molecule has 0 bridgehead atoms. The van der Waals surface area contributed by atoms with E-state index in [1.807, 2.05) is 6.07 Å². The Kier molecular flexibility index (Phi) is 6.69. The molecule has 21 heavy (non-hydrogen) atoms. The monoisotopic (exact) mass is 294 g/mol. The Morgan fingerprint density at radius 1 is 1.38 bits per heavy atom. The summed E-state index contributed by atoms with van der Waals surface area (Å²) in [6.45, 7) is 6.41. The second-order valence-electron chi connectivity index (χ2n) is 5.25. The van der Waals surface area contributed by atoms with Crippen molar-refractivity contribution in [1.29, 1.82) is 0 Å². The van der Waals surface area contributed by atoms with E-state index in [0.717, 1.165) is 38.5 Å². The minimum atomic E-state index is 0.482. The summed E-state index contributed by atoms with van der Waals surface area (Å²) in [6, 6.07) is 2.43. The zero-order valence-electron chi connectivity index (χ0n) is 13.0. The van der Waals surface area contributed by atoms with Crippen LogP contribution in [0.1, 0.15) is 26.2 Å². The smallest absolute Gasteiger partial charge is 0.218 e. The summed E-state index contributed by atoms with van der Waals surface area (Å²) in [6.07, 6.45) is 4.96. The summed E-state index contributed by atoms with van der Waals surface area (Å²) < 4.78 is 10.7. The molecule has 1 aromatic rings. The van der Waals surface area contributed by atoms with Crippen molar-refractivity contribution in [2.45, 2.75) is 32.2 Å². The van der Waals surface area contributed by atoms with Crippen LogP contribution in [0.15, 0.2) is 12.4 Å². The van der Waals surface area contributed by atoms with Gasteiger partial charge in [0.15, 0.2) is 0 Å². The summed E-state index contributed by atoms with van der Waals surface area (Å²) in [5.41, 5.74) is 0. The quantitative estimate of drug-likeness (QED) is 0.696. The van der Waals surface area contributed by atoms with Gasteiger partial charge in [-0.25, -0.2) is 9.97 Å². The largest absolute Gasteiger partial charge is 0.478 e. The molecule has 1 aromatic heterocycles. The first-order valence-corrected chi connectivity index (χ1v) is 7.76. The third kappa shape index (κ3) is 4.82. The van der Waals surface area contributed by atoms with Crippen molar-refractivity contribution in [2.24, 2.45) is 0 Å². The number of hydrogen-bond acceptors (Lipinski definition) is 6. The van der Waals surface area contributed by atoms with Crippen molar-refractivity contribution in [3.8, 4) is 5.88 Å². The van der Waals surface area contributed by atoms with E-state index in [1.165, 1.54) is 12.8 Å². The van der Waals surface area contributed by atoms with Crippen LogP contribution in [0.3, 0.4) is 0 Å². The van der Waals surface area contributed by atoms with Gasteiger partial charge in [-0.2, -0.15) is 0 Å². The van der Waals surface area contributed by atoms with Crippen molar-refractivity contribution in [3.05, 3.63) is 12.4 Å². The standard InChI is InChI=1S/C15H26N4O2/c1-3-8-21-15-10-14(17-12-18-15)19-7-4-5-13(19)11-16-6-9-20-2/h10,12-13,16H,3-9,11H2,1-2H3. The lowest BCUT2D eigenvalue weighted by Crippen LogP contribution is -2.39. The molecule has 0 radical (unpaired) electrons. The molecule has 118 valence electrons. The molecular formula is C15H26N4O2. The maximum absolute atomic E-state index is 5.59. The van der Waals surface area contributed by atoms with Gasteiger partial charge in [-0.15, -0.1) is 0 Å². The second-order valence-corrected chi connectivity index (χ2v) is 5.25. The third-order valence-electron chi connectivity index (χ3n) is 3.62. The van der Waals surface area contributed by atoms with Crippen molar-refractivity contribution in [2.75, 3.05) is 44.9 Å². The van der Waals surface area contributed by atoms with Gasteiger partial charge in [0.05, 0.1) is 13.2 Å². The molecule has 2 heterocycles. The minimum absolute atomic E-state index is 0.482. The highest BCUT2D eigenvalue weighted by molar-refractivity contribution is 5.43. The summed E-state index contributed by atoms with van der Waals surface area (Å²) in [4.78, 5) is 10.9. The van der Waals surface area contributed by atoms with E-state index in [-0.39, 0.29) is 0 Å². The lowest BCUT2D eigenvalue weighted by Gasteiger charge is -2.26. The zero-order valence-corrected chi connectivity index (χ0v) is 13.0. The average Bonchev–Trinajstić information content (AvgIpc) is 2.98. The topological polar surface area (TPSA) is 59.5 Å². The molecule has 0 aromatic carbocycles. The molecular weight excluding hydrogens is 268 g/mol. The van der Waals surface area contributed by atoms with E-state index in [2.05, 4.69) is 27.1 Å². The van der Waals surface area contributed by atoms with Crippen LogP contribution < -0.4 is 15.0 Å². The van der Waals surface area contributed by atoms with E-state index in [1.54, 1.807) is 13.4 Å². The van der Waals surface area contributed by atoms with Crippen molar-refractivity contribution < 1.29 is 9.47 Å². The van der Waals surface area contributed by atoms with Crippen LogP contribution in [0, 0.1) is 0 Å². The number of hydrogen-bond donors (Lipinski definition) is 1. The Balaban J connectivity index is 1.92. The predicted octanol–water partition coefficient (Wildman–Crippen LogP) is 1.47. The molecule has 0 amide bonds. The molecule has 0 spiro atoms. The van der Waals surface area contributed by atoms with Crippen LogP contribution in [0.2, 0.25) is 0 Å². The molecule has 1 aliphatic rings. The van der Waals surface area contributed by atoms with Crippen LogP contribution in [0.25, 0.3) is 0 Å². The van der Waals surface area contributed by atoms with Crippen molar-refractivity contribution in [3.63, 3.8) is 0 Å².